The number of rotatable bonds is 4. The number of nitrogens with zero attached hydrogens (tertiary/aromatic N) is 1. The average Bonchev–Trinajstić information content (AvgIpc) is 3.43. The number of aromatic hydroxyl groups is 1. The maximum Gasteiger partial charge on any atom is 0.274 e. The fourth-order valence-electron chi connectivity index (χ4n) is 4.72. The summed E-state index contributed by atoms with van der Waals surface area (Å²) in [5, 5.41) is 18.7. The molecule has 0 fully saturated rings. The van der Waals surface area contributed by atoms with Gasteiger partial charge in [-0.05, 0) is 41.3 Å². The topological polar surface area (TPSA) is 97.5 Å². The molecule has 3 aromatic carbocycles. The molecule has 5 rings (SSSR count). The number of phenolic OH excluding ortho intramolecular Hbond substituents is 1. The minimum Gasteiger partial charge on any atom is -0.507 e. The number of halogens is 1. The largest absolute Gasteiger partial charge is 0.507 e. The second-order valence-corrected chi connectivity index (χ2v) is 8.45. The predicted octanol–water partition coefficient (Wildman–Crippen LogP) is 4.41. The zero-order valence-electron chi connectivity index (χ0n) is 18.2. The van der Waals surface area contributed by atoms with Crippen LogP contribution in [-0.2, 0) is 0 Å². The lowest BCUT2D eigenvalue weighted by Gasteiger charge is -2.18. The van der Waals surface area contributed by atoms with E-state index in [4.69, 9.17) is 11.6 Å². The van der Waals surface area contributed by atoms with Gasteiger partial charge in [-0.3, -0.25) is 9.59 Å². The molecule has 0 saturated heterocycles. The van der Waals surface area contributed by atoms with Crippen LogP contribution in [0, 0.1) is 0 Å². The number of phenols is 1. The highest BCUT2D eigenvalue weighted by Crippen LogP contribution is 2.46. The molecule has 8 heteroatoms. The first-order valence-electron chi connectivity index (χ1n) is 10.7. The molecule has 0 spiro atoms. The number of alkyl halides is 1. The van der Waals surface area contributed by atoms with E-state index in [1.165, 1.54) is 0 Å². The van der Waals surface area contributed by atoms with E-state index in [1.807, 2.05) is 37.4 Å². The predicted molar refractivity (Wildman–Crippen MR) is 132 cm³/mol. The Morgan fingerprint density at radius 3 is 2.73 bits per heavy atom. The number of hydrogen-bond donors (Lipinski definition) is 4. The van der Waals surface area contributed by atoms with Crippen molar-refractivity contribution in [1.82, 2.24) is 10.3 Å². The lowest BCUT2D eigenvalue weighted by Crippen LogP contribution is -2.30. The van der Waals surface area contributed by atoms with E-state index in [-0.39, 0.29) is 23.5 Å². The number of nitrogens with one attached hydrogen (secondary N) is 3. The van der Waals surface area contributed by atoms with Gasteiger partial charge in [0.05, 0.1) is 11.3 Å². The second-order valence-electron chi connectivity index (χ2n) is 8.14. The molecule has 2 heterocycles. The minimum absolute atomic E-state index is 0.0497. The van der Waals surface area contributed by atoms with Crippen LogP contribution in [0.1, 0.15) is 32.3 Å². The number of H-pyrrole nitrogens is 1. The number of amides is 2. The number of aromatic amines is 1. The van der Waals surface area contributed by atoms with E-state index in [0.717, 1.165) is 27.5 Å². The van der Waals surface area contributed by atoms with Crippen LogP contribution in [0.3, 0.4) is 0 Å². The molecule has 1 atom stereocenters. The summed E-state index contributed by atoms with van der Waals surface area (Å²) in [5.74, 6) is -0.366. The van der Waals surface area contributed by atoms with Crippen molar-refractivity contribution in [2.24, 2.45) is 0 Å². The van der Waals surface area contributed by atoms with Crippen LogP contribution in [0.4, 0.5) is 11.4 Å². The van der Waals surface area contributed by atoms with Crippen LogP contribution in [0.15, 0.2) is 48.5 Å². The lowest BCUT2D eigenvalue weighted by atomic mass is 9.93. The molecule has 2 amide bonds. The molecule has 4 aromatic rings. The Hall–Kier alpha value is -3.71. The van der Waals surface area contributed by atoms with Gasteiger partial charge in [0.25, 0.3) is 11.8 Å². The van der Waals surface area contributed by atoms with Crippen LogP contribution in [0.5, 0.6) is 5.75 Å². The lowest BCUT2D eigenvalue weighted by molar-refractivity contribution is 0.0961. The average molecular weight is 463 g/mol. The molecular formula is C25H23ClN4O3. The summed E-state index contributed by atoms with van der Waals surface area (Å²) in [6.07, 6.45) is 0. The van der Waals surface area contributed by atoms with Crippen molar-refractivity contribution in [2.45, 2.75) is 5.92 Å². The Labute approximate surface area is 195 Å². The molecule has 1 aliphatic rings. The molecule has 0 aliphatic carbocycles. The van der Waals surface area contributed by atoms with Crippen molar-refractivity contribution >= 4 is 56.5 Å². The highest BCUT2D eigenvalue weighted by molar-refractivity contribution is 6.20. The van der Waals surface area contributed by atoms with Crippen molar-refractivity contribution in [2.75, 3.05) is 36.7 Å². The molecule has 4 N–H and O–H groups in total. The van der Waals surface area contributed by atoms with Crippen LogP contribution in [0.25, 0.3) is 21.7 Å². The Balaban J connectivity index is 1.64. The monoisotopic (exact) mass is 462 g/mol. The maximum absolute atomic E-state index is 13.6. The standard InChI is InChI=1S/C25H23ClN4O3/c1-27-15-6-7-18-13(8-15)9-19(29-18)25(33)30-12-14(11-26)22-16-4-3-5-17(24(32)28-2)23(16)21(31)10-20(22)30/h3-10,14,27,29,31H,11-12H2,1-2H3,(H,28,32). The van der Waals surface area contributed by atoms with Gasteiger partial charge in [0.1, 0.15) is 11.4 Å². The quantitative estimate of drug-likeness (QED) is 0.338. The Morgan fingerprint density at radius 1 is 1.18 bits per heavy atom. The molecule has 7 nitrogen and oxygen atoms in total. The maximum atomic E-state index is 13.6. The highest BCUT2D eigenvalue weighted by atomic mass is 35.5. The first kappa shape index (κ1) is 21.2. The van der Waals surface area contributed by atoms with Gasteiger partial charge in [0.2, 0.25) is 0 Å². The normalized spacial score (nSPS) is 15.1. The van der Waals surface area contributed by atoms with Crippen molar-refractivity contribution in [3.63, 3.8) is 0 Å². The van der Waals surface area contributed by atoms with Gasteiger partial charge in [-0.25, -0.2) is 0 Å². The van der Waals surface area contributed by atoms with Crippen LogP contribution >= 0.6 is 11.6 Å². The van der Waals surface area contributed by atoms with E-state index >= 15 is 0 Å². The second kappa shape index (κ2) is 8.01. The zero-order chi connectivity index (χ0) is 23.3. The number of benzene rings is 3. The molecule has 33 heavy (non-hydrogen) atoms. The number of carbonyl (C=O) groups excluding carboxylic acids is 2. The smallest absolute Gasteiger partial charge is 0.274 e. The van der Waals surface area contributed by atoms with Gasteiger partial charge >= 0.3 is 0 Å². The van der Waals surface area contributed by atoms with Gasteiger partial charge in [0.15, 0.2) is 0 Å². The van der Waals surface area contributed by atoms with Gasteiger partial charge < -0.3 is 25.6 Å². The van der Waals surface area contributed by atoms with Crippen LogP contribution in [-0.4, -0.2) is 48.4 Å². The zero-order valence-corrected chi connectivity index (χ0v) is 19.0. The third kappa shape index (κ3) is 3.27. The van der Waals surface area contributed by atoms with E-state index in [1.54, 1.807) is 30.1 Å². The fraction of sp³-hybridized carbons (Fsp3) is 0.200. The number of aromatic nitrogens is 1. The van der Waals surface area contributed by atoms with Crippen molar-refractivity contribution in [3.05, 3.63) is 65.4 Å². The van der Waals surface area contributed by atoms with Gasteiger partial charge in [-0.2, -0.15) is 0 Å². The summed E-state index contributed by atoms with van der Waals surface area (Å²) in [6.45, 7) is 0.386. The number of carbonyl (C=O) groups is 2. The molecular weight excluding hydrogens is 440 g/mol. The summed E-state index contributed by atoms with van der Waals surface area (Å²) >= 11 is 6.32. The molecule has 0 bridgehead atoms. The summed E-state index contributed by atoms with van der Waals surface area (Å²) in [7, 11) is 3.40. The van der Waals surface area contributed by atoms with Crippen molar-refractivity contribution in [3.8, 4) is 5.75 Å². The van der Waals surface area contributed by atoms with E-state index in [0.29, 0.717) is 34.8 Å². The first-order valence-corrected chi connectivity index (χ1v) is 11.2. The fourth-order valence-corrected chi connectivity index (χ4v) is 4.98. The summed E-state index contributed by atoms with van der Waals surface area (Å²) in [5.41, 5.74) is 4.13. The highest BCUT2D eigenvalue weighted by Gasteiger charge is 2.36. The van der Waals surface area contributed by atoms with Gasteiger partial charge in [0, 0.05) is 60.5 Å². The number of anilines is 2. The third-order valence-corrected chi connectivity index (χ3v) is 6.68. The Bertz CT molecular complexity index is 1430. The number of fused-ring (bicyclic) bond motifs is 4. The Morgan fingerprint density at radius 2 is 2.00 bits per heavy atom. The molecule has 1 unspecified atom stereocenters. The van der Waals surface area contributed by atoms with E-state index < -0.39 is 0 Å². The Kier molecular flexibility index (Phi) is 5.13. The van der Waals surface area contributed by atoms with Crippen LogP contribution < -0.4 is 15.5 Å². The molecule has 0 saturated carbocycles. The summed E-state index contributed by atoms with van der Waals surface area (Å²) in [4.78, 5) is 30.8. The third-order valence-electron chi connectivity index (χ3n) is 6.31. The molecule has 0 radical (unpaired) electrons. The number of hydrogen-bond acceptors (Lipinski definition) is 4. The molecule has 1 aromatic heterocycles. The minimum atomic E-state index is -0.289. The van der Waals surface area contributed by atoms with Gasteiger partial charge in [-0.1, -0.05) is 12.1 Å². The van der Waals surface area contributed by atoms with Crippen LogP contribution in [0.2, 0.25) is 0 Å². The summed E-state index contributed by atoms with van der Waals surface area (Å²) < 4.78 is 0. The summed E-state index contributed by atoms with van der Waals surface area (Å²) in [6, 6.07) is 14.5. The molecule has 1 aliphatic heterocycles. The van der Waals surface area contributed by atoms with Crippen molar-refractivity contribution in [1.29, 1.82) is 0 Å². The van der Waals surface area contributed by atoms with Crippen molar-refractivity contribution < 1.29 is 14.7 Å². The van der Waals surface area contributed by atoms with Gasteiger partial charge in [-0.15, -0.1) is 11.6 Å². The van der Waals surface area contributed by atoms with E-state index in [9.17, 15) is 14.7 Å². The SMILES string of the molecule is CNC(=O)c1cccc2c3c(cc(O)c12)N(C(=O)c1cc2cc(NC)ccc2[nH]1)CC3CCl. The first-order chi connectivity index (χ1) is 16.0. The molecule has 168 valence electrons. The van der Waals surface area contributed by atoms with E-state index in [2.05, 4.69) is 15.6 Å².